The van der Waals surface area contributed by atoms with Crippen LogP contribution in [-0.4, -0.2) is 37.3 Å². The Morgan fingerprint density at radius 3 is 3.14 bits per heavy atom. The summed E-state index contributed by atoms with van der Waals surface area (Å²) in [6.07, 6.45) is 4.79. The summed E-state index contributed by atoms with van der Waals surface area (Å²) in [6, 6.07) is 11.1. The van der Waals surface area contributed by atoms with Gasteiger partial charge in [0.05, 0.1) is 12.3 Å². The Hall–Kier alpha value is -2.07. The van der Waals surface area contributed by atoms with Crippen LogP contribution in [-0.2, 0) is 0 Å². The first kappa shape index (κ1) is 12.7. The Balaban J connectivity index is 1.77. The average Bonchev–Trinajstić information content (AvgIpc) is 2.74. The van der Waals surface area contributed by atoms with Crippen molar-refractivity contribution in [3.05, 3.63) is 42.7 Å². The zero-order valence-corrected chi connectivity index (χ0v) is 12.0. The molecule has 0 aliphatic carbocycles. The summed E-state index contributed by atoms with van der Waals surface area (Å²) in [5, 5.41) is 3.48. The van der Waals surface area contributed by atoms with E-state index in [-0.39, 0.29) is 0 Å². The number of nitrogens with one attached hydrogen (secondary N) is 1. The Morgan fingerprint density at radius 2 is 2.24 bits per heavy atom. The van der Waals surface area contributed by atoms with E-state index < -0.39 is 0 Å². The third-order valence-electron chi connectivity index (χ3n) is 4.32. The van der Waals surface area contributed by atoms with Crippen LogP contribution in [0.15, 0.2) is 42.7 Å². The fourth-order valence-electron chi connectivity index (χ4n) is 3.22. The van der Waals surface area contributed by atoms with Crippen LogP contribution in [0, 0.1) is 0 Å². The summed E-state index contributed by atoms with van der Waals surface area (Å²) in [4.78, 5) is 6.72. The van der Waals surface area contributed by atoms with E-state index in [1.807, 2.05) is 18.5 Å². The van der Waals surface area contributed by atoms with Gasteiger partial charge in [0.15, 0.2) is 0 Å². The number of anilines is 1. The molecule has 108 valence electrons. The van der Waals surface area contributed by atoms with Crippen molar-refractivity contribution >= 4 is 5.69 Å². The van der Waals surface area contributed by atoms with E-state index in [1.54, 1.807) is 0 Å². The Kier molecular flexibility index (Phi) is 3.24. The largest absolute Gasteiger partial charge is 0.491 e. The van der Waals surface area contributed by atoms with Crippen LogP contribution >= 0.6 is 0 Å². The standard InChI is InChI=1S/C17H19N3O/c1-2-14(11-18-6-1)13-3-4-17-16(10-13)20-8-7-19-12-15(20)5-9-21-17/h1-4,6,10-11,15,19H,5,7-9,12H2/t15-/m0/s1. The van der Waals surface area contributed by atoms with Gasteiger partial charge in [0.2, 0.25) is 0 Å². The van der Waals surface area contributed by atoms with Gasteiger partial charge in [0.1, 0.15) is 5.75 Å². The van der Waals surface area contributed by atoms with Gasteiger partial charge in [0, 0.05) is 50.1 Å². The highest BCUT2D eigenvalue weighted by Crippen LogP contribution is 2.37. The molecule has 0 saturated carbocycles. The Labute approximate surface area is 124 Å². The molecule has 1 saturated heterocycles. The summed E-state index contributed by atoms with van der Waals surface area (Å²) in [5.41, 5.74) is 3.57. The van der Waals surface area contributed by atoms with Crippen LogP contribution in [0.5, 0.6) is 5.75 Å². The number of ether oxygens (including phenoxy) is 1. The number of piperazine rings is 1. The highest BCUT2D eigenvalue weighted by molar-refractivity contribution is 5.72. The molecule has 1 fully saturated rings. The quantitative estimate of drug-likeness (QED) is 0.870. The number of hydrogen-bond acceptors (Lipinski definition) is 4. The first-order valence-electron chi connectivity index (χ1n) is 7.56. The van der Waals surface area contributed by atoms with Crippen molar-refractivity contribution in [3.8, 4) is 16.9 Å². The maximum atomic E-state index is 5.95. The van der Waals surface area contributed by atoms with Crippen molar-refractivity contribution in [2.75, 3.05) is 31.1 Å². The molecule has 2 aliphatic heterocycles. The van der Waals surface area contributed by atoms with Gasteiger partial charge in [-0.3, -0.25) is 4.98 Å². The highest BCUT2D eigenvalue weighted by Gasteiger charge is 2.27. The van der Waals surface area contributed by atoms with Crippen LogP contribution < -0.4 is 15.0 Å². The molecule has 1 N–H and O–H groups in total. The zero-order chi connectivity index (χ0) is 14.1. The van der Waals surface area contributed by atoms with Gasteiger partial charge in [-0.25, -0.2) is 0 Å². The molecule has 0 amide bonds. The SMILES string of the molecule is c1cncc(-c2ccc3c(c2)N2CCNC[C@@H]2CCO3)c1. The number of aromatic nitrogens is 1. The lowest BCUT2D eigenvalue weighted by Crippen LogP contribution is -2.51. The number of fused-ring (bicyclic) bond motifs is 3. The van der Waals surface area contributed by atoms with Crippen LogP contribution in [0.1, 0.15) is 6.42 Å². The number of benzene rings is 1. The summed E-state index contributed by atoms with van der Waals surface area (Å²) < 4.78 is 5.95. The number of rotatable bonds is 1. The Morgan fingerprint density at radius 1 is 1.24 bits per heavy atom. The van der Waals surface area contributed by atoms with E-state index >= 15 is 0 Å². The predicted octanol–water partition coefficient (Wildman–Crippen LogP) is 2.31. The summed E-state index contributed by atoms with van der Waals surface area (Å²) >= 11 is 0. The summed E-state index contributed by atoms with van der Waals surface area (Å²) in [7, 11) is 0. The first-order valence-corrected chi connectivity index (χ1v) is 7.56. The maximum Gasteiger partial charge on any atom is 0.142 e. The van der Waals surface area contributed by atoms with Crippen molar-refractivity contribution < 1.29 is 4.74 Å². The first-order chi connectivity index (χ1) is 10.4. The number of hydrogen-bond donors (Lipinski definition) is 1. The topological polar surface area (TPSA) is 37.4 Å². The maximum absolute atomic E-state index is 5.95. The van der Waals surface area contributed by atoms with E-state index in [9.17, 15) is 0 Å². The van der Waals surface area contributed by atoms with Gasteiger partial charge in [-0.15, -0.1) is 0 Å². The molecule has 1 aromatic carbocycles. The van der Waals surface area contributed by atoms with Crippen LogP contribution in [0.3, 0.4) is 0 Å². The molecule has 4 rings (SSSR count). The van der Waals surface area contributed by atoms with E-state index in [2.05, 4.69) is 39.5 Å². The normalized spacial score (nSPS) is 21.0. The average molecular weight is 281 g/mol. The second kappa shape index (κ2) is 5.37. The van der Waals surface area contributed by atoms with Gasteiger partial charge in [-0.2, -0.15) is 0 Å². The lowest BCUT2D eigenvalue weighted by Gasteiger charge is -2.36. The summed E-state index contributed by atoms with van der Waals surface area (Å²) in [6.45, 7) is 3.91. The molecule has 0 bridgehead atoms. The molecule has 2 aromatic rings. The van der Waals surface area contributed by atoms with Gasteiger partial charge >= 0.3 is 0 Å². The molecule has 4 heteroatoms. The van der Waals surface area contributed by atoms with Crippen molar-refractivity contribution in [2.45, 2.75) is 12.5 Å². The lowest BCUT2D eigenvalue weighted by molar-refractivity contribution is 0.304. The van der Waals surface area contributed by atoms with Crippen molar-refractivity contribution in [3.63, 3.8) is 0 Å². The van der Waals surface area contributed by atoms with Crippen molar-refractivity contribution in [1.29, 1.82) is 0 Å². The minimum Gasteiger partial charge on any atom is -0.491 e. The van der Waals surface area contributed by atoms with Gasteiger partial charge in [-0.05, 0) is 23.8 Å². The second-order valence-electron chi connectivity index (χ2n) is 5.61. The Bertz CT molecular complexity index is 629. The molecule has 4 nitrogen and oxygen atoms in total. The molecule has 21 heavy (non-hydrogen) atoms. The van der Waals surface area contributed by atoms with Crippen LogP contribution in [0.2, 0.25) is 0 Å². The van der Waals surface area contributed by atoms with Gasteiger partial charge < -0.3 is 15.0 Å². The van der Waals surface area contributed by atoms with E-state index in [0.717, 1.165) is 44.0 Å². The fraction of sp³-hybridized carbons (Fsp3) is 0.353. The molecule has 0 radical (unpaired) electrons. The molecule has 1 aromatic heterocycles. The minimum absolute atomic E-state index is 0.532. The molecule has 0 unspecified atom stereocenters. The molecular weight excluding hydrogens is 262 g/mol. The molecule has 2 aliphatic rings. The lowest BCUT2D eigenvalue weighted by atomic mass is 10.0. The number of pyridine rings is 1. The van der Waals surface area contributed by atoms with Crippen LogP contribution in [0.4, 0.5) is 5.69 Å². The predicted molar refractivity (Wildman–Crippen MR) is 83.8 cm³/mol. The highest BCUT2D eigenvalue weighted by atomic mass is 16.5. The van der Waals surface area contributed by atoms with Crippen LogP contribution in [0.25, 0.3) is 11.1 Å². The van der Waals surface area contributed by atoms with Gasteiger partial charge in [-0.1, -0.05) is 12.1 Å². The third-order valence-corrected chi connectivity index (χ3v) is 4.32. The molecular formula is C17H19N3O. The van der Waals surface area contributed by atoms with Crippen molar-refractivity contribution in [1.82, 2.24) is 10.3 Å². The van der Waals surface area contributed by atoms with E-state index in [4.69, 9.17) is 4.74 Å². The third kappa shape index (κ3) is 2.36. The molecule has 3 heterocycles. The van der Waals surface area contributed by atoms with E-state index in [1.165, 1.54) is 11.3 Å². The van der Waals surface area contributed by atoms with E-state index in [0.29, 0.717) is 6.04 Å². The van der Waals surface area contributed by atoms with Crippen molar-refractivity contribution in [2.24, 2.45) is 0 Å². The summed E-state index contributed by atoms with van der Waals surface area (Å²) in [5.74, 6) is 1.01. The van der Waals surface area contributed by atoms with Gasteiger partial charge in [0.25, 0.3) is 0 Å². The monoisotopic (exact) mass is 281 g/mol. The number of nitrogens with zero attached hydrogens (tertiary/aromatic N) is 2. The second-order valence-corrected chi connectivity index (χ2v) is 5.61. The fourth-order valence-corrected chi connectivity index (χ4v) is 3.22. The zero-order valence-electron chi connectivity index (χ0n) is 12.0. The smallest absolute Gasteiger partial charge is 0.142 e. The molecule has 1 atom stereocenters. The molecule has 0 spiro atoms. The minimum atomic E-state index is 0.532.